The number of hydrogen-bond acceptors (Lipinski definition) is 8. The lowest BCUT2D eigenvalue weighted by atomic mass is 10.0. The summed E-state index contributed by atoms with van der Waals surface area (Å²) in [5, 5.41) is 6.03. The third-order valence-corrected chi connectivity index (χ3v) is 4.70. The quantitative estimate of drug-likeness (QED) is 0.283. The Morgan fingerprint density at radius 2 is 1.39 bits per heavy atom. The fourth-order valence-corrected chi connectivity index (χ4v) is 3.09. The van der Waals surface area contributed by atoms with E-state index in [2.05, 4.69) is 10.6 Å². The summed E-state index contributed by atoms with van der Waals surface area (Å²) in [5.74, 6) is 2.36. The Morgan fingerprint density at radius 3 is 1.97 bits per heavy atom. The molecule has 0 aliphatic rings. The van der Waals surface area contributed by atoms with Crippen molar-refractivity contribution in [2.45, 2.75) is 12.8 Å². The van der Waals surface area contributed by atoms with Gasteiger partial charge in [0.15, 0.2) is 23.0 Å². The predicted octanol–water partition coefficient (Wildman–Crippen LogP) is 2.22. The van der Waals surface area contributed by atoms with Crippen molar-refractivity contribution in [1.29, 1.82) is 0 Å². The molecule has 0 spiro atoms. The van der Waals surface area contributed by atoms with E-state index >= 15 is 0 Å². The summed E-state index contributed by atoms with van der Waals surface area (Å²) in [7, 11) is 8.18. The van der Waals surface area contributed by atoms with Crippen molar-refractivity contribution < 1.29 is 28.5 Å². The van der Waals surface area contributed by atoms with E-state index in [1.807, 2.05) is 37.4 Å². The van der Waals surface area contributed by atoms with Gasteiger partial charge in [-0.1, -0.05) is 6.07 Å². The van der Waals surface area contributed by atoms with Gasteiger partial charge in [-0.15, -0.1) is 0 Å². The molecule has 0 heterocycles. The first-order valence-electron chi connectivity index (χ1n) is 10.1. The molecule has 31 heavy (non-hydrogen) atoms. The lowest BCUT2D eigenvalue weighted by Crippen LogP contribution is -2.31. The van der Waals surface area contributed by atoms with E-state index in [0.717, 1.165) is 30.5 Å². The van der Waals surface area contributed by atoms with E-state index in [9.17, 15) is 4.79 Å². The number of carbonyl (C=O) groups excluding carboxylic acids is 1. The van der Waals surface area contributed by atoms with Crippen LogP contribution in [-0.4, -0.2) is 61.1 Å². The van der Waals surface area contributed by atoms with Gasteiger partial charge >= 0.3 is 5.97 Å². The normalized spacial score (nSPS) is 10.5. The van der Waals surface area contributed by atoms with Gasteiger partial charge in [0.05, 0.1) is 35.0 Å². The molecule has 0 unspecified atom stereocenters. The molecule has 170 valence electrons. The monoisotopic (exact) mass is 432 g/mol. The van der Waals surface area contributed by atoms with Crippen LogP contribution in [0, 0.1) is 0 Å². The molecule has 2 N–H and O–H groups in total. The van der Waals surface area contributed by atoms with Gasteiger partial charge in [0.25, 0.3) is 0 Å². The summed E-state index contributed by atoms with van der Waals surface area (Å²) in [6.07, 6.45) is 1.47. The second-order valence-electron chi connectivity index (χ2n) is 6.77. The molecule has 2 rings (SSSR count). The van der Waals surface area contributed by atoms with Crippen LogP contribution in [-0.2, 0) is 17.6 Å². The standard InChI is InChI=1S/C23H32N2O6/c1-24-10-11-25-15-22(26)31-19-12-16(8-9-18(19)27-2)6-7-17-13-20(28-3)23(30-5)21(14-17)29-4/h8-9,12-14,24-25H,6-7,10-11,15H2,1-5H3. The number of benzene rings is 2. The number of aryl methyl sites for hydroxylation is 2. The van der Waals surface area contributed by atoms with Crippen molar-refractivity contribution >= 4 is 5.97 Å². The number of methoxy groups -OCH3 is 4. The molecule has 0 radical (unpaired) electrons. The van der Waals surface area contributed by atoms with Crippen LogP contribution in [0.4, 0.5) is 0 Å². The fraction of sp³-hybridized carbons (Fsp3) is 0.435. The molecule has 0 fully saturated rings. The highest BCUT2D eigenvalue weighted by atomic mass is 16.6. The minimum atomic E-state index is -0.365. The first-order chi connectivity index (χ1) is 15.1. The van der Waals surface area contributed by atoms with Gasteiger partial charge in [-0.05, 0) is 55.3 Å². The lowest BCUT2D eigenvalue weighted by molar-refractivity contribution is -0.133. The Kier molecular flexibility index (Phi) is 9.93. The Balaban J connectivity index is 2.09. The molecule has 0 saturated carbocycles. The number of rotatable bonds is 13. The highest BCUT2D eigenvalue weighted by Gasteiger charge is 2.14. The van der Waals surface area contributed by atoms with Gasteiger partial charge in [0.2, 0.25) is 5.75 Å². The van der Waals surface area contributed by atoms with E-state index in [-0.39, 0.29) is 12.5 Å². The summed E-state index contributed by atoms with van der Waals surface area (Å²) in [6, 6.07) is 9.47. The topological polar surface area (TPSA) is 87.3 Å². The zero-order valence-corrected chi connectivity index (χ0v) is 18.9. The van der Waals surface area contributed by atoms with Gasteiger partial charge in [0, 0.05) is 13.1 Å². The molecule has 0 saturated heterocycles. The third-order valence-electron chi connectivity index (χ3n) is 4.70. The minimum Gasteiger partial charge on any atom is -0.493 e. The van der Waals surface area contributed by atoms with Crippen LogP contribution in [0.1, 0.15) is 11.1 Å². The lowest BCUT2D eigenvalue weighted by Gasteiger charge is -2.14. The molecule has 0 aliphatic carbocycles. The zero-order chi connectivity index (χ0) is 22.6. The second kappa shape index (κ2) is 12.7. The van der Waals surface area contributed by atoms with Crippen molar-refractivity contribution in [3.05, 3.63) is 41.5 Å². The summed E-state index contributed by atoms with van der Waals surface area (Å²) in [4.78, 5) is 12.1. The van der Waals surface area contributed by atoms with Gasteiger partial charge in [-0.25, -0.2) is 0 Å². The molecule has 8 heteroatoms. The number of hydrogen-bond donors (Lipinski definition) is 2. The molecule has 0 bridgehead atoms. The highest BCUT2D eigenvalue weighted by molar-refractivity contribution is 5.75. The molecule has 8 nitrogen and oxygen atoms in total. The Hall–Kier alpha value is -2.97. The van der Waals surface area contributed by atoms with Crippen molar-refractivity contribution in [3.8, 4) is 28.7 Å². The number of carbonyl (C=O) groups is 1. The number of likely N-dealkylation sites (N-methyl/N-ethyl adjacent to an activating group) is 1. The number of nitrogens with one attached hydrogen (secondary N) is 2. The second-order valence-corrected chi connectivity index (χ2v) is 6.77. The minimum absolute atomic E-state index is 0.125. The van der Waals surface area contributed by atoms with E-state index in [4.69, 9.17) is 23.7 Å². The van der Waals surface area contributed by atoms with Crippen LogP contribution in [0.2, 0.25) is 0 Å². The molecule has 0 amide bonds. The average molecular weight is 433 g/mol. The Morgan fingerprint density at radius 1 is 0.774 bits per heavy atom. The molecular weight excluding hydrogens is 400 g/mol. The fourth-order valence-electron chi connectivity index (χ4n) is 3.09. The van der Waals surface area contributed by atoms with Crippen molar-refractivity contribution in [3.63, 3.8) is 0 Å². The SMILES string of the molecule is CNCCNCC(=O)Oc1cc(CCc2cc(OC)c(OC)c(OC)c2)ccc1OC. The number of esters is 1. The van der Waals surface area contributed by atoms with Gasteiger partial charge < -0.3 is 34.3 Å². The predicted molar refractivity (Wildman–Crippen MR) is 119 cm³/mol. The largest absolute Gasteiger partial charge is 0.493 e. The zero-order valence-electron chi connectivity index (χ0n) is 18.9. The molecule has 2 aromatic carbocycles. The van der Waals surface area contributed by atoms with Gasteiger partial charge in [-0.2, -0.15) is 0 Å². The van der Waals surface area contributed by atoms with Gasteiger partial charge in [0.1, 0.15) is 0 Å². The summed E-state index contributed by atoms with van der Waals surface area (Å²) in [6.45, 7) is 1.57. The van der Waals surface area contributed by atoms with Crippen molar-refractivity contribution in [2.75, 3.05) is 55.1 Å². The Bertz CT molecular complexity index is 831. The first-order valence-corrected chi connectivity index (χ1v) is 10.1. The van der Waals surface area contributed by atoms with Crippen molar-refractivity contribution in [2.24, 2.45) is 0 Å². The van der Waals surface area contributed by atoms with E-state index in [1.165, 1.54) is 0 Å². The van der Waals surface area contributed by atoms with Gasteiger partial charge in [-0.3, -0.25) is 4.79 Å². The van der Waals surface area contributed by atoms with E-state index in [1.54, 1.807) is 28.4 Å². The molecule has 2 aromatic rings. The maximum Gasteiger partial charge on any atom is 0.325 e. The third kappa shape index (κ3) is 7.04. The van der Waals surface area contributed by atoms with Crippen LogP contribution in [0.3, 0.4) is 0 Å². The first kappa shape index (κ1) is 24.3. The van der Waals surface area contributed by atoms with Crippen LogP contribution >= 0.6 is 0 Å². The van der Waals surface area contributed by atoms with E-state index in [0.29, 0.717) is 35.3 Å². The average Bonchev–Trinajstić information content (AvgIpc) is 2.79. The molecular formula is C23H32N2O6. The Labute approximate surface area is 183 Å². The van der Waals surface area contributed by atoms with Crippen LogP contribution in [0.15, 0.2) is 30.3 Å². The van der Waals surface area contributed by atoms with Crippen LogP contribution in [0.25, 0.3) is 0 Å². The molecule has 0 aromatic heterocycles. The molecule has 0 aliphatic heterocycles. The highest BCUT2D eigenvalue weighted by Crippen LogP contribution is 2.38. The van der Waals surface area contributed by atoms with E-state index < -0.39 is 0 Å². The number of ether oxygens (including phenoxy) is 5. The summed E-state index contributed by atoms with van der Waals surface area (Å²) < 4.78 is 27.1. The van der Waals surface area contributed by atoms with Crippen molar-refractivity contribution in [1.82, 2.24) is 10.6 Å². The van der Waals surface area contributed by atoms with Crippen LogP contribution in [0.5, 0.6) is 28.7 Å². The summed E-state index contributed by atoms with van der Waals surface area (Å²) in [5.41, 5.74) is 2.05. The maximum atomic E-state index is 12.1. The maximum absolute atomic E-state index is 12.1. The summed E-state index contributed by atoms with van der Waals surface area (Å²) >= 11 is 0. The molecule has 0 atom stereocenters. The van der Waals surface area contributed by atoms with Crippen LogP contribution < -0.4 is 34.3 Å². The smallest absolute Gasteiger partial charge is 0.325 e.